The lowest BCUT2D eigenvalue weighted by Gasteiger charge is -2.15. The summed E-state index contributed by atoms with van der Waals surface area (Å²) >= 11 is 0. The number of anilines is 1. The Kier molecular flexibility index (Phi) is 5.00. The summed E-state index contributed by atoms with van der Waals surface area (Å²) in [7, 11) is 1.99. The van der Waals surface area contributed by atoms with Crippen LogP contribution in [0, 0.1) is 5.92 Å². The number of aromatic nitrogens is 1. The minimum atomic E-state index is 0.669. The normalized spacial score (nSPS) is 12.4. The Bertz CT molecular complexity index is 236. The lowest BCUT2D eigenvalue weighted by Crippen LogP contribution is -2.25. The van der Waals surface area contributed by atoms with Gasteiger partial charge in [0, 0.05) is 12.7 Å². The highest BCUT2D eigenvalue weighted by Gasteiger charge is 2.04. The van der Waals surface area contributed by atoms with Crippen LogP contribution in [0.2, 0.25) is 0 Å². The first kappa shape index (κ1) is 11.0. The van der Waals surface area contributed by atoms with Crippen LogP contribution in [0.15, 0.2) is 24.4 Å². The summed E-state index contributed by atoms with van der Waals surface area (Å²) in [5, 5.41) is 6.52. The molecule has 78 valence electrons. The van der Waals surface area contributed by atoms with E-state index in [4.69, 9.17) is 0 Å². The summed E-state index contributed by atoms with van der Waals surface area (Å²) < 4.78 is 0. The van der Waals surface area contributed by atoms with Gasteiger partial charge in [0.1, 0.15) is 5.82 Å². The van der Waals surface area contributed by atoms with E-state index in [1.54, 1.807) is 6.20 Å². The minimum Gasteiger partial charge on any atom is -0.370 e. The van der Waals surface area contributed by atoms with Gasteiger partial charge in [0.2, 0.25) is 0 Å². The number of nitrogens with zero attached hydrogens (tertiary/aromatic N) is 1. The van der Waals surface area contributed by atoms with Crippen molar-refractivity contribution in [1.82, 2.24) is 10.3 Å². The van der Waals surface area contributed by atoms with E-state index >= 15 is 0 Å². The van der Waals surface area contributed by atoms with Gasteiger partial charge in [-0.1, -0.05) is 19.4 Å². The van der Waals surface area contributed by atoms with Crippen LogP contribution in [-0.4, -0.2) is 25.1 Å². The summed E-state index contributed by atoms with van der Waals surface area (Å²) in [6.45, 7) is 4.24. The Morgan fingerprint density at radius 2 is 2.21 bits per heavy atom. The lowest BCUT2D eigenvalue weighted by atomic mass is 10.1. The molecule has 0 fully saturated rings. The smallest absolute Gasteiger partial charge is 0.125 e. The molecule has 1 aromatic rings. The lowest BCUT2D eigenvalue weighted by molar-refractivity contribution is 0.506. The highest BCUT2D eigenvalue weighted by atomic mass is 15.0. The van der Waals surface area contributed by atoms with Gasteiger partial charge in [-0.2, -0.15) is 0 Å². The molecule has 3 nitrogen and oxygen atoms in total. The number of rotatable bonds is 6. The van der Waals surface area contributed by atoms with Crippen molar-refractivity contribution < 1.29 is 0 Å². The van der Waals surface area contributed by atoms with E-state index < -0.39 is 0 Å². The first-order valence-electron chi connectivity index (χ1n) is 5.16. The van der Waals surface area contributed by atoms with Crippen molar-refractivity contribution in [3.05, 3.63) is 24.4 Å². The summed E-state index contributed by atoms with van der Waals surface area (Å²) in [4.78, 5) is 4.21. The van der Waals surface area contributed by atoms with Crippen LogP contribution in [0.3, 0.4) is 0 Å². The molecule has 1 aromatic heterocycles. The molecule has 0 aliphatic heterocycles. The van der Waals surface area contributed by atoms with E-state index in [1.165, 1.54) is 6.42 Å². The third kappa shape index (κ3) is 3.75. The molecule has 0 radical (unpaired) electrons. The zero-order chi connectivity index (χ0) is 10.2. The van der Waals surface area contributed by atoms with Gasteiger partial charge in [0.05, 0.1) is 0 Å². The predicted octanol–water partition coefficient (Wildman–Crippen LogP) is 1.74. The Hall–Kier alpha value is -1.09. The number of pyridine rings is 1. The Balaban J connectivity index is 2.32. The van der Waals surface area contributed by atoms with Gasteiger partial charge >= 0.3 is 0 Å². The number of nitrogens with one attached hydrogen (secondary N) is 2. The maximum absolute atomic E-state index is 4.21. The van der Waals surface area contributed by atoms with Gasteiger partial charge in [0.15, 0.2) is 0 Å². The monoisotopic (exact) mass is 193 g/mol. The molecule has 0 aliphatic carbocycles. The average molecular weight is 193 g/mol. The maximum Gasteiger partial charge on any atom is 0.125 e. The first-order valence-corrected chi connectivity index (χ1v) is 5.16. The molecule has 1 rings (SSSR count). The van der Waals surface area contributed by atoms with Gasteiger partial charge < -0.3 is 10.6 Å². The summed E-state index contributed by atoms with van der Waals surface area (Å²) in [5.41, 5.74) is 0. The molecule has 0 saturated carbocycles. The highest BCUT2D eigenvalue weighted by molar-refractivity contribution is 5.32. The molecular formula is C11H19N3. The van der Waals surface area contributed by atoms with Crippen molar-refractivity contribution in [2.75, 3.05) is 25.5 Å². The van der Waals surface area contributed by atoms with Crippen molar-refractivity contribution in [1.29, 1.82) is 0 Å². The molecule has 0 amide bonds. The predicted molar refractivity (Wildman–Crippen MR) is 60.4 cm³/mol. The molecule has 0 spiro atoms. The topological polar surface area (TPSA) is 37.0 Å². The van der Waals surface area contributed by atoms with E-state index in [0.717, 1.165) is 18.9 Å². The van der Waals surface area contributed by atoms with E-state index in [2.05, 4.69) is 22.5 Å². The molecule has 3 heteroatoms. The van der Waals surface area contributed by atoms with Gasteiger partial charge in [0.25, 0.3) is 0 Å². The molecule has 1 unspecified atom stereocenters. The van der Waals surface area contributed by atoms with E-state index in [9.17, 15) is 0 Å². The summed E-state index contributed by atoms with van der Waals surface area (Å²) in [6, 6.07) is 5.91. The van der Waals surface area contributed by atoms with Crippen molar-refractivity contribution in [3.8, 4) is 0 Å². The second-order valence-electron chi connectivity index (χ2n) is 3.43. The van der Waals surface area contributed by atoms with E-state index in [-0.39, 0.29) is 0 Å². The Morgan fingerprint density at radius 1 is 1.36 bits per heavy atom. The molecule has 0 aliphatic rings. The maximum atomic E-state index is 4.21. The summed E-state index contributed by atoms with van der Waals surface area (Å²) in [5.74, 6) is 1.63. The fourth-order valence-corrected chi connectivity index (χ4v) is 1.37. The van der Waals surface area contributed by atoms with Crippen LogP contribution < -0.4 is 10.6 Å². The van der Waals surface area contributed by atoms with E-state index in [0.29, 0.717) is 5.92 Å². The van der Waals surface area contributed by atoms with Crippen molar-refractivity contribution in [2.24, 2.45) is 5.92 Å². The highest BCUT2D eigenvalue weighted by Crippen LogP contribution is 2.04. The zero-order valence-electron chi connectivity index (χ0n) is 8.96. The average Bonchev–Trinajstić information content (AvgIpc) is 2.25. The fraction of sp³-hybridized carbons (Fsp3) is 0.545. The molecular weight excluding hydrogens is 174 g/mol. The van der Waals surface area contributed by atoms with Crippen molar-refractivity contribution >= 4 is 5.82 Å². The van der Waals surface area contributed by atoms with Crippen LogP contribution in [0.4, 0.5) is 5.82 Å². The Labute approximate surface area is 85.9 Å². The molecule has 0 saturated heterocycles. The molecule has 2 N–H and O–H groups in total. The molecule has 1 atom stereocenters. The van der Waals surface area contributed by atoms with E-state index in [1.807, 2.05) is 25.2 Å². The quantitative estimate of drug-likeness (QED) is 0.722. The standard InChI is InChI=1S/C11H19N3/c1-3-10(8-12-2)9-14-11-6-4-5-7-13-11/h4-7,10,12H,3,8-9H2,1-2H3,(H,13,14). The van der Waals surface area contributed by atoms with Crippen LogP contribution in [-0.2, 0) is 0 Å². The molecule has 14 heavy (non-hydrogen) atoms. The zero-order valence-corrected chi connectivity index (χ0v) is 8.96. The van der Waals surface area contributed by atoms with Crippen LogP contribution >= 0.6 is 0 Å². The van der Waals surface area contributed by atoms with Gasteiger partial charge in [-0.05, 0) is 31.6 Å². The van der Waals surface area contributed by atoms with Gasteiger partial charge in [-0.25, -0.2) is 4.98 Å². The van der Waals surface area contributed by atoms with Crippen LogP contribution in [0.5, 0.6) is 0 Å². The summed E-state index contributed by atoms with van der Waals surface area (Å²) in [6.07, 6.45) is 2.99. The number of hydrogen-bond donors (Lipinski definition) is 2. The van der Waals surface area contributed by atoms with Crippen LogP contribution in [0.25, 0.3) is 0 Å². The third-order valence-electron chi connectivity index (χ3n) is 2.31. The second kappa shape index (κ2) is 6.38. The van der Waals surface area contributed by atoms with Gasteiger partial charge in [-0.15, -0.1) is 0 Å². The van der Waals surface area contributed by atoms with Crippen molar-refractivity contribution in [2.45, 2.75) is 13.3 Å². The number of hydrogen-bond acceptors (Lipinski definition) is 3. The SMILES string of the molecule is CCC(CNC)CNc1ccccn1. The fourth-order valence-electron chi connectivity index (χ4n) is 1.37. The Morgan fingerprint density at radius 3 is 2.79 bits per heavy atom. The second-order valence-corrected chi connectivity index (χ2v) is 3.43. The molecule has 0 aromatic carbocycles. The van der Waals surface area contributed by atoms with Crippen molar-refractivity contribution in [3.63, 3.8) is 0 Å². The van der Waals surface area contributed by atoms with Gasteiger partial charge in [-0.3, -0.25) is 0 Å². The largest absolute Gasteiger partial charge is 0.370 e. The first-order chi connectivity index (χ1) is 6.86. The molecule has 1 heterocycles. The third-order valence-corrected chi connectivity index (χ3v) is 2.31. The minimum absolute atomic E-state index is 0.669. The van der Waals surface area contributed by atoms with Crippen LogP contribution in [0.1, 0.15) is 13.3 Å². The molecule has 0 bridgehead atoms.